The fraction of sp³-hybridized carbons (Fsp3) is 0.833. The zero-order valence-corrected chi connectivity index (χ0v) is 10.9. The highest BCUT2D eigenvalue weighted by Gasteiger charge is 2.23. The van der Waals surface area contributed by atoms with Crippen LogP contribution in [0.4, 0.5) is 4.79 Å². The minimum absolute atomic E-state index is 0.0279. The van der Waals surface area contributed by atoms with Gasteiger partial charge in [-0.1, -0.05) is 0 Å². The van der Waals surface area contributed by atoms with Crippen LogP contribution in [0.3, 0.4) is 0 Å². The second-order valence-electron chi connectivity index (χ2n) is 4.72. The average molecular weight is 257 g/mol. The summed E-state index contributed by atoms with van der Waals surface area (Å²) in [6, 6.07) is -0.0279. The van der Waals surface area contributed by atoms with Crippen molar-refractivity contribution in [1.29, 1.82) is 0 Å². The summed E-state index contributed by atoms with van der Waals surface area (Å²) >= 11 is 0. The fourth-order valence-electron chi connectivity index (χ4n) is 2.16. The molecule has 6 nitrogen and oxygen atoms in total. The molecule has 1 rings (SSSR count). The Morgan fingerprint density at radius 1 is 1.28 bits per heavy atom. The normalized spacial score (nSPS) is 16.6. The Labute approximate surface area is 108 Å². The number of piperidine rings is 1. The molecule has 0 aromatic rings. The van der Waals surface area contributed by atoms with Gasteiger partial charge < -0.3 is 20.6 Å². The Balaban J connectivity index is 2.17. The van der Waals surface area contributed by atoms with Crippen LogP contribution in [0, 0.1) is 5.92 Å². The number of aliphatic carboxylic acids is 1. The van der Waals surface area contributed by atoms with Gasteiger partial charge in [0.15, 0.2) is 0 Å². The first kappa shape index (κ1) is 14.8. The minimum Gasteiger partial charge on any atom is -0.481 e. The average Bonchev–Trinajstić information content (AvgIpc) is 2.34. The lowest BCUT2D eigenvalue weighted by Crippen LogP contribution is -2.45. The van der Waals surface area contributed by atoms with Gasteiger partial charge in [0.05, 0.1) is 0 Å². The third kappa shape index (κ3) is 5.35. The molecule has 6 heteroatoms. The third-order valence-electron chi connectivity index (χ3n) is 3.24. The van der Waals surface area contributed by atoms with E-state index in [1.54, 1.807) is 4.90 Å². The molecule has 1 saturated heterocycles. The van der Waals surface area contributed by atoms with Crippen molar-refractivity contribution in [3.05, 3.63) is 0 Å². The van der Waals surface area contributed by atoms with Gasteiger partial charge in [-0.3, -0.25) is 4.79 Å². The molecule has 1 aliphatic heterocycles. The van der Waals surface area contributed by atoms with E-state index in [4.69, 9.17) is 5.11 Å². The molecular weight excluding hydrogens is 234 g/mol. The first-order chi connectivity index (χ1) is 8.63. The van der Waals surface area contributed by atoms with Crippen molar-refractivity contribution < 1.29 is 14.7 Å². The van der Waals surface area contributed by atoms with Crippen LogP contribution in [0.1, 0.15) is 25.7 Å². The molecule has 0 aliphatic carbocycles. The summed E-state index contributed by atoms with van der Waals surface area (Å²) in [5.74, 6) is -0.527. The Bertz CT molecular complexity index is 276. The largest absolute Gasteiger partial charge is 0.481 e. The first-order valence-corrected chi connectivity index (χ1v) is 6.52. The molecule has 3 N–H and O–H groups in total. The lowest BCUT2D eigenvalue weighted by molar-refractivity contribution is -0.138. The van der Waals surface area contributed by atoms with Crippen molar-refractivity contribution in [3.8, 4) is 0 Å². The predicted molar refractivity (Wildman–Crippen MR) is 68.5 cm³/mol. The molecule has 0 spiro atoms. The van der Waals surface area contributed by atoms with Gasteiger partial charge in [0.2, 0.25) is 0 Å². The van der Waals surface area contributed by atoms with E-state index in [9.17, 15) is 9.59 Å². The van der Waals surface area contributed by atoms with Crippen LogP contribution in [0.15, 0.2) is 0 Å². The van der Waals surface area contributed by atoms with E-state index in [-0.39, 0.29) is 18.4 Å². The maximum Gasteiger partial charge on any atom is 0.317 e. The SMILES string of the molecule is CNCCCNC(=O)N1CCC(CC(=O)O)CC1. The van der Waals surface area contributed by atoms with Gasteiger partial charge in [0.1, 0.15) is 0 Å². The predicted octanol–water partition coefficient (Wildman–Crippen LogP) is 0.492. The van der Waals surface area contributed by atoms with Gasteiger partial charge in [-0.2, -0.15) is 0 Å². The smallest absolute Gasteiger partial charge is 0.317 e. The molecule has 1 fully saturated rings. The molecule has 0 bridgehead atoms. The molecule has 1 heterocycles. The summed E-state index contributed by atoms with van der Waals surface area (Å²) in [7, 11) is 1.88. The molecule has 18 heavy (non-hydrogen) atoms. The summed E-state index contributed by atoms with van der Waals surface area (Å²) in [5.41, 5.74) is 0. The standard InChI is InChI=1S/C12H23N3O3/c1-13-5-2-6-14-12(18)15-7-3-10(4-8-15)9-11(16)17/h10,13H,2-9H2,1H3,(H,14,18)(H,16,17). The van der Waals surface area contributed by atoms with Gasteiger partial charge in [0.25, 0.3) is 0 Å². The van der Waals surface area contributed by atoms with E-state index in [2.05, 4.69) is 10.6 Å². The van der Waals surface area contributed by atoms with Crippen LogP contribution in [0.25, 0.3) is 0 Å². The summed E-state index contributed by atoms with van der Waals surface area (Å²) in [6.07, 6.45) is 2.71. The van der Waals surface area contributed by atoms with E-state index < -0.39 is 5.97 Å². The fourth-order valence-corrected chi connectivity index (χ4v) is 2.16. The van der Waals surface area contributed by atoms with Crippen LogP contribution >= 0.6 is 0 Å². The number of carboxylic acid groups (broad SMARTS) is 1. The van der Waals surface area contributed by atoms with Crippen molar-refractivity contribution in [3.63, 3.8) is 0 Å². The number of amides is 2. The molecule has 104 valence electrons. The number of hydrogen-bond acceptors (Lipinski definition) is 3. The molecular formula is C12H23N3O3. The van der Waals surface area contributed by atoms with Crippen LogP contribution < -0.4 is 10.6 Å². The highest BCUT2D eigenvalue weighted by atomic mass is 16.4. The Morgan fingerprint density at radius 3 is 2.50 bits per heavy atom. The molecule has 0 radical (unpaired) electrons. The zero-order valence-electron chi connectivity index (χ0n) is 10.9. The highest BCUT2D eigenvalue weighted by Crippen LogP contribution is 2.20. The van der Waals surface area contributed by atoms with Crippen molar-refractivity contribution in [2.45, 2.75) is 25.7 Å². The van der Waals surface area contributed by atoms with E-state index in [0.29, 0.717) is 19.6 Å². The van der Waals surface area contributed by atoms with Gasteiger partial charge in [0, 0.05) is 26.1 Å². The minimum atomic E-state index is -0.745. The van der Waals surface area contributed by atoms with Crippen molar-refractivity contribution in [1.82, 2.24) is 15.5 Å². The first-order valence-electron chi connectivity index (χ1n) is 6.52. The number of hydrogen-bond donors (Lipinski definition) is 3. The molecule has 0 saturated carbocycles. The van der Waals surface area contributed by atoms with E-state index >= 15 is 0 Å². The Kier molecular flexibility index (Phi) is 6.49. The molecule has 2 amide bonds. The number of urea groups is 1. The van der Waals surface area contributed by atoms with Gasteiger partial charge >= 0.3 is 12.0 Å². The number of rotatable bonds is 6. The molecule has 0 aromatic heterocycles. The topological polar surface area (TPSA) is 81.7 Å². The van der Waals surface area contributed by atoms with E-state index in [1.807, 2.05) is 7.05 Å². The second-order valence-corrected chi connectivity index (χ2v) is 4.72. The quantitative estimate of drug-likeness (QED) is 0.605. The summed E-state index contributed by atoms with van der Waals surface area (Å²) in [5, 5.41) is 14.6. The monoisotopic (exact) mass is 257 g/mol. The van der Waals surface area contributed by atoms with Gasteiger partial charge in [-0.15, -0.1) is 0 Å². The van der Waals surface area contributed by atoms with Crippen LogP contribution in [-0.2, 0) is 4.79 Å². The molecule has 0 unspecified atom stereocenters. The summed E-state index contributed by atoms with van der Waals surface area (Å²) in [4.78, 5) is 24.1. The number of carboxylic acids is 1. The van der Waals surface area contributed by atoms with Crippen LogP contribution in [-0.4, -0.2) is 55.2 Å². The van der Waals surface area contributed by atoms with Gasteiger partial charge in [-0.05, 0) is 38.8 Å². The highest BCUT2D eigenvalue weighted by molar-refractivity contribution is 5.74. The molecule has 1 aliphatic rings. The molecule has 0 atom stereocenters. The number of carbonyl (C=O) groups excluding carboxylic acids is 1. The maximum atomic E-state index is 11.8. The van der Waals surface area contributed by atoms with E-state index in [0.717, 1.165) is 25.8 Å². The van der Waals surface area contributed by atoms with Crippen molar-refractivity contribution in [2.75, 3.05) is 33.2 Å². The van der Waals surface area contributed by atoms with Crippen molar-refractivity contribution >= 4 is 12.0 Å². The number of nitrogens with zero attached hydrogens (tertiary/aromatic N) is 1. The van der Waals surface area contributed by atoms with Crippen molar-refractivity contribution in [2.24, 2.45) is 5.92 Å². The van der Waals surface area contributed by atoms with Crippen LogP contribution in [0.5, 0.6) is 0 Å². The summed E-state index contributed by atoms with van der Waals surface area (Å²) < 4.78 is 0. The lowest BCUT2D eigenvalue weighted by Gasteiger charge is -2.31. The number of nitrogens with one attached hydrogen (secondary N) is 2. The van der Waals surface area contributed by atoms with Crippen LogP contribution in [0.2, 0.25) is 0 Å². The molecule has 0 aromatic carbocycles. The Morgan fingerprint density at radius 2 is 1.94 bits per heavy atom. The Hall–Kier alpha value is -1.30. The maximum absolute atomic E-state index is 11.8. The second kappa shape index (κ2) is 7.92. The zero-order chi connectivity index (χ0) is 13.4. The number of carbonyl (C=O) groups is 2. The van der Waals surface area contributed by atoms with Gasteiger partial charge in [-0.25, -0.2) is 4.79 Å². The lowest BCUT2D eigenvalue weighted by atomic mass is 9.94. The number of likely N-dealkylation sites (tertiary alicyclic amines) is 1. The van der Waals surface area contributed by atoms with E-state index in [1.165, 1.54) is 0 Å². The third-order valence-corrected chi connectivity index (χ3v) is 3.24. The summed E-state index contributed by atoms with van der Waals surface area (Å²) in [6.45, 7) is 2.89.